The second kappa shape index (κ2) is 4.65. The molecule has 14 heavy (non-hydrogen) atoms. The third-order valence-electron chi connectivity index (χ3n) is 3.90. The van der Waals surface area contributed by atoms with Crippen LogP contribution < -0.4 is 0 Å². The summed E-state index contributed by atoms with van der Waals surface area (Å²) < 4.78 is 0. The van der Waals surface area contributed by atoms with Gasteiger partial charge in [-0.3, -0.25) is 4.79 Å². The standard InChI is InChI=1S/C12H19ClO/c13-12-10(7-4-8-11(12)14)9-5-2-1-3-6-9/h9-10,12H,1-8H2. The molecule has 0 spiro atoms. The molecule has 1 nitrogen and oxygen atoms in total. The lowest BCUT2D eigenvalue weighted by Crippen LogP contribution is -2.35. The number of Topliss-reactive ketones (excluding diaryl/α,β-unsaturated/α-hetero) is 1. The molecule has 2 aliphatic carbocycles. The number of rotatable bonds is 1. The van der Waals surface area contributed by atoms with Gasteiger partial charge in [-0.25, -0.2) is 0 Å². The number of alkyl halides is 1. The molecule has 0 N–H and O–H groups in total. The Morgan fingerprint density at radius 3 is 2.43 bits per heavy atom. The quantitative estimate of drug-likeness (QED) is 0.611. The van der Waals surface area contributed by atoms with Crippen molar-refractivity contribution in [2.75, 3.05) is 0 Å². The van der Waals surface area contributed by atoms with Gasteiger partial charge in [0.15, 0.2) is 5.78 Å². The van der Waals surface area contributed by atoms with E-state index in [1.165, 1.54) is 38.5 Å². The van der Waals surface area contributed by atoms with Crippen LogP contribution in [-0.2, 0) is 4.79 Å². The first-order valence-corrected chi connectivity index (χ1v) is 6.39. The van der Waals surface area contributed by atoms with Crippen molar-refractivity contribution in [1.29, 1.82) is 0 Å². The molecule has 2 heteroatoms. The van der Waals surface area contributed by atoms with E-state index in [0.717, 1.165) is 18.8 Å². The second-order valence-electron chi connectivity index (χ2n) is 4.82. The van der Waals surface area contributed by atoms with E-state index in [2.05, 4.69) is 0 Å². The summed E-state index contributed by atoms with van der Waals surface area (Å²) in [5, 5.41) is -0.160. The molecule has 2 unspecified atom stereocenters. The molecule has 0 aromatic rings. The van der Waals surface area contributed by atoms with Crippen LogP contribution in [0.15, 0.2) is 0 Å². The molecule has 0 bridgehead atoms. The minimum absolute atomic E-state index is 0.160. The Labute approximate surface area is 91.2 Å². The summed E-state index contributed by atoms with van der Waals surface area (Å²) in [7, 11) is 0. The van der Waals surface area contributed by atoms with Gasteiger partial charge in [-0.1, -0.05) is 32.1 Å². The molecule has 2 aliphatic rings. The van der Waals surface area contributed by atoms with Gasteiger partial charge in [-0.05, 0) is 24.7 Å². The molecular weight excluding hydrogens is 196 g/mol. The second-order valence-corrected chi connectivity index (χ2v) is 5.29. The van der Waals surface area contributed by atoms with E-state index in [4.69, 9.17) is 11.6 Å². The third-order valence-corrected chi connectivity index (χ3v) is 4.47. The first-order chi connectivity index (χ1) is 6.79. The van der Waals surface area contributed by atoms with Crippen molar-refractivity contribution < 1.29 is 4.79 Å². The van der Waals surface area contributed by atoms with Crippen LogP contribution in [0.25, 0.3) is 0 Å². The van der Waals surface area contributed by atoms with Gasteiger partial charge in [0.2, 0.25) is 0 Å². The van der Waals surface area contributed by atoms with Crippen LogP contribution >= 0.6 is 11.6 Å². The van der Waals surface area contributed by atoms with Gasteiger partial charge in [-0.2, -0.15) is 0 Å². The zero-order valence-corrected chi connectivity index (χ0v) is 9.43. The maximum Gasteiger partial charge on any atom is 0.150 e. The average molecular weight is 215 g/mol. The van der Waals surface area contributed by atoms with Crippen LogP contribution in [0.2, 0.25) is 0 Å². The van der Waals surface area contributed by atoms with Crippen LogP contribution in [0, 0.1) is 11.8 Å². The Balaban J connectivity index is 1.97. The summed E-state index contributed by atoms with van der Waals surface area (Å²) >= 11 is 6.22. The van der Waals surface area contributed by atoms with Gasteiger partial charge in [-0.15, -0.1) is 11.6 Å². The Morgan fingerprint density at radius 2 is 1.71 bits per heavy atom. The molecule has 0 aromatic carbocycles. The zero-order chi connectivity index (χ0) is 9.97. The molecule has 0 aliphatic heterocycles. The summed E-state index contributed by atoms with van der Waals surface area (Å²) in [5.74, 6) is 1.54. The Morgan fingerprint density at radius 1 is 1.00 bits per heavy atom. The molecule has 0 aromatic heterocycles. The number of carbonyl (C=O) groups excluding carboxylic acids is 1. The van der Waals surface area contributed by atoms with Crippen molar-refractivity contribution in [1.82, 2.24) is 0 Å². The van der Waals surface area contributed by atoms with Gasteiger partial charge < -0.3 is 0 Å². The van der Waals surface area contributed by atoms with E-state index >= 15 is 0 Å². The van der Waals surface area contributed by atoms with Gasteiger partial charge in [0, 0.05) is 6.42 Å². The Bertz CT molecular complexity index is 208. The van der Waals surface area contributed by atoms with E-state index in [0.29, 0.717) is 11.7 Å². The van der Waals surface area contributed by atoms with Gasteiger partial charge in [0.1, 0.15) is 0 Å². The van der Waals surface area contributed by atoms with Crippen molar-refractivity contribution >= 4 is 17.4 Å². The number of halogens is 1. The maximum absolute atomic E-state index is 11.5. The molecule has 2 fully saturated rings. The molecule has 2 saturated carbocycles. The molecule has 0 amide bonds. The number of hydrogen-bond acceptors (Lipinski definition) is 1. The van der Waals surface area contributed by atoms with Gasteiger partial charge in [0.05, 0.1) is 5.38 Å². The van der Waals surface area contributed by atoms with Crippen molar-refractivity contribution in [2.45, 2.75) is 56.7 Å². The predicted octanol–water partition coefficient (Wildman–Crippen LogP) is 3.54. The average Bonchev–Trinajstić information content (AvgIpc) is 2.23. The topological polar surface area (TPSA) is 17.1 Å². The van der Waals surface area contributed by atoms with Crippen molar-refractivity contribution in [2.24, 2.45) is 11.8 Å². The zero-order valence-electron chi connectivity index (χ0n) is 8.68. The molecule has 0 radical (unpaired) electrons. The van der Waals surface area contributed by atoms with E-state index < -0.39 is 0 Å². The van der Waals surface area contributed by atoms with Crippen molar-refractivity contribution in [3.63, 3.8) is 0 Å². The summed E-state index contributed by atoms with van der Waals surface area (Å²) in [4.78, 5) is 11.5. The van der Waals surface area contributed by atoms with Gasteiger partial charge >= 0.3 is 0 Å². The van der Waals surface area contributed by atoms with Crippen molar-refractivity contribution in [3.8, 4) is 0 Å². The lowest BCUT2D eigenvalue weighted by Gasteiger charge is -2.35. The minimum atomic E-state index is -0.160. The predicted molar refractivity (Wildman–Crippen MR) is 58.6 cm³/mol. The monoisotopic (exact) mass is 214 g/mol. The number of hydrogen-bond donors (Lipinski definition) is 0. The van der Waals surface area contributed by atoms with Crippen LogP contribution in [0.1, 0.15) is 51.4 Å². The van der Waals surface area contributed by atoms with Crippen LogP contribution in [0.3, 0.4) is 0 Å². The smallest absolute Gasteiger partial charge is 0.150 e. The summed E-state index contributed by atoms with van der Waals surface area (Å²) in [6, 6.07) is 0. The highest BCUT2D eigenvalue weighted by molar-refractivity contribution is 6.31. The minimum Gasteiger partial charge on any atom is -0.298 e. The fourth-order valence-corrected chi connectivity index (χ4v) is 3.51. The normalized spacial score (nSPS) is 35.9. The SMILES string of the molecule is O=C1CCCC(C2CCCCC2)C1Cl. The van der Waals surface area contributed by atoms with Crippen LogP contribution in [-0.4, -0.2) is 11.2 Å². The van der Waals surface area contributed by atoms with Crippen LogP contribution in [0.4, 0.5) is 0 Å². The summed E-state index contributed by atoms with van der Waals surface area (Å²) in [6.45, 7) is 0. The highest BCUT2D eigenvalue weighted by Gasteiger charge is 2.35. The Kier molecular flexibility index (Phi) is 3.48. The molecule has 2 atom stereocenters. The fourth-order valence-electron chi connectivity index (χ4n) is 3.07. The summed E-state index contributed by atoms with van der Waals surface area (Å²) in [5.41, 5.74) is 0. The number of ketones is 1. The highest BCUT2D eigenvalue weighted by Crippen LogP contribution is 2.39. The lowest BCUT2D eigenvalue weighted by atomic mass is 9.73. The maximum atomic E-state index is 11.5. The van der Waals surface area contributed by atoms with Crippen LogP contribution in [0.5, 0.6) is 0 Å². The largest absolute Gasteiger partial charge is 0.298 e. The van der Waals surface area contributed by atoms with Crippen molar-refractivity contribution in [3.05, 3.63) is 0 Å². The fraction of sp³-hybridized carbons (Fsp3) is 0.917. The van der Waals surface area contributed by atoms with E-state index in [1.807, 2.05) is 0 Å². The number of carbonyl (C=O) groups is 1. The molecule has 0 heterocycles. The highest BCUT2D eigenvalue weighted by atomic mass is 35.5. The molecular formula is C12H19ClO. The van der Waals surface area contributed by atoms with E-state index in [1.54, 1.807) is 0 Å². The first-order valence-electron chi connectivity index (χ1n) is 5.96. The lowest BCUT2D eigenvalue weighted by molar-refractivity contribution is -0.121. The van der Waals surface area contributed by atoms with Gasteiger partial charge in [0.25, 0.3) is 0 Å². The third kappa shape index (κ3) is 2.13. The molecule has 80 valence electrons. The molecule has 0 saturated heterocycles. The summed E-state index contributed by atoms with van der Waals surface area (Å²) in [6.07, 6.45) is 9.66. The van der Waals surface area contributed by atoms with E-state index in [9.17, 15) is 4.79 Å². The van der Waals surface area contributed by atoms with E-state index in [-0.39, 0.29) is 5.38 Å². The Hall–Kier alpha value is -0.0400. The molecule has 2 rings (SSSR count). The first kappa shape index (κ1) is 10.5.